The van der Waals surface area contributed by atoms with Crippen molar-refractivity contribution in [2.75, 3.05) is 12.3 Å². The van der Waals surface area contributed by atoms with Crippen LogP contribution in [0, 0.1) is 0 Å². The smallest absolute Gasteiger partial charge is 0.106 e. The lowest BCUT2D eigenvalue weighted by Gasteiger charge is -2.01. The van der Waals surface area contributed by atoms with Gasteiger partial charge in [-0.05, 0) is 36.4 Å². The third kappa shape index (κ3) is 3.37. The zero-order valence-corrected chi connectivity index (χ0v) is 11.5. The number of aromatic amines is 1. The molecule has 0 bridgehead atoms. The molecule has 0 atom stereocenters. The average molecular weight is 261 g/mol. The van der Waals surface area contributed by atoms with E-state index in [9.17, 15) is 0 Å². The summed E-state index contributed by atoms with van der Waals surface area (Å²) in [7, 11) is 0. The van der Waals surface area contributed by atoms with E-state index in [1.165, 1.54) is 10.5 Å². The standard InChI is InChI=1S/C14H19N3S/c1-2-18-12-7-5-11(6-8-12)13-10-16-14(17-13)4-3-9-15/h5-8,10H,2-4,9,15H2,1H3,(H,16,17). The molecule has 0 fully saturated rings. The second-order valence-electron chi connectivity index (χ2n) is 4.09. The Morgan fingerprint density at radius 1 is 1.28 bits per heavy atom. The van der Waals surface area contributed by atoms with E-state index in [1.54, 1.807) is 0 Å². The van der Waals surface area contributed by atoms with Crippen LogP contribution in [0.2, 0.25) is 0 Å². The van der Waals surface area contributed by atoms with Gasteiger partial charge in [0.2, 0.25) is 0 Å². The third-order valence-electron chi connectivity index (χ3n) is 2.72. The number of imidazole rings is 1. The average Bonchev–Trinajstić information content (AvgIpc) is 2.86. The first-order chi connectivity index (χ1) is 8.83. The largest absolute Gasteiger partial charge is 0.342 e. The van der Waals surface area contributed by atoms with Crippen molar-refractivity contribution < 1.29 is 0 Å². The fourth-order valence-electron chi connectivity index (χ4n) is 1.80. The first-order valence-electron chi connectivity index (χ1n) is 6.30. The Bertz CT molecular complexity index is 476. The first kappa shape index (κ1) is 13.2. The fraction of sp³-hybridized carbons (Fsp3) is 0.357. The van der Waals surface area contributed by atoms with Crippen molar-refractivity contribution >= 4 is 11.8 Å². The van der Waals surface area contributed by atoms with E-state index in [0.29, 0.717) is 6.54 Å². The van der Waals surface area contributed by atoms with Gasteiger partial charge in [-0.1, -0.05) is 19.1 Å². The Kier molecular flexibility index (Phi) is 4.84. The molecule has 1 heterocycles. The van der Waals surface area contributed by atoms with Crippen LogP contribution in [0.4, 0.5) is 0 Å². The molecule has 0 spiro atoms. The van der Waals surface area contributed by atoms with Crippen molar-refractivity contribution in [3.63, 3.8) is 0 Å². The Balaban J connectivity index is 2.08. The molecular formula is C14H19N3S. The van der Waals surface area contributed by atoms with Crippen molar-refractivity contribution in [2.24, 2.45) is 5.73 Å². The van der Waals surface area contributed by atoms with Crippen LogP contribution >= 0.6 is 11.8 Å². The van der Waals surface area contributed by atoms with Gasteiger partial charge in [0.15, 0.2) is 0 Å². The lowest BCUT2D eigenvalue weighted by molar-refractivity contribution is 0.794. The molecule has 4 heteroatoms. The summed E-state index contributed by atoms with van der Waals surface area (Å²) in [4.78, 5) is 9.02. The molecule has 0 amide bonds. The summed E-state index contributed by atoms with van der Waals surface area (Å²) in [6.07, 6.45) is 3.78. The van der Waals surface area contributed by atoms with Gasteiger partial charge in [-0.3, -0.25) is 0 Å². The molecule has 2 rings (SSSR count). The van der Waals surface area contributed by atoms with Gasteiger partial charge in [0, 0.05) is 11.3 Å². The fourth-order valence-corrected chi connectivity index (χ4v) is 2.46. The van der Waals surface area contributed by atoms with Crippen molar-refractivity contribution in [2.45, 2.75) is 24.7 Å². The van der Waals surface area contributed by atoms with E-state index < -0.39 is 0 Å². The minimum atomic E-state index is 0.707. The highest BCUT2D eigenvalue weighted by atomic mass is 32.2. The summed E-state index contributed by atoms with van der Waals surface area (Å²) in [5.74, 6) is 2.12. The number of aryl methyl sites for hydroxylation is 1. The highest BCUT2D eigenvalue weighted by molar-refractivity contribution is 7.99. The molecule has 0 aliphatic rings. The molecule has 2 aromatic rings. The molecule has 0 saturated carbocycles. The minimum Gasteiger partial charge on any atom is -0.342 e. The van der Waals surface area contributed by atoms with Crippen LogP contribution in [-0.2, 0) is 6.42 Å². The van der Waals surface area contributed by atoms with E-state index in [-0.39, 0.29) is 0 Å². The van der Waals surface area contributed by atoms with Gasteiger partial charge in [-0.15, -0.1) is 11.8 Å². The van der Waals surface area contributed by atoms with Crippen LogP contribution in [-0.4, -0.2) is 22.3 Å². The van der Waals surface area contributed by atoms with Gasteiger partial charge in [0.05, 0.1) is 11.9 Å². The number of H-pyrrole nitrogens is 1. The normalized spacial score (nSPS) is 10.8. The van der Waals surface area contributed by atoms with Crippen molar-refractivity contribution in [3.8, 4) is 11.3 Å². The summed E-state index contributed by atoms with van der Waals surface area (Å²) in [6.45, 7) is 2.87. The van der Waals surface area contributed by atoms with E-state index in [2.05, 4.69) is 41.2 Å². The molecule has 0 saturated heterocycles. The monoisotopic (exact) mass is 261 g/mol. The quantitative estimate of drug-likeness (QED) is 0.786. The highest BCUT2D eigenvalue weighted by Gasteiger charge is 2.03. The Hall–Kier alpha value is -1.26. The number of rotatable bonds is 6. The molecule has 0 unspecified atom stereocenters. The zero-order chi connectivity index (χ0) is 12.8. The molecule has 1 aromatic heterocycles. The van der Waals surface area contributed by atoms with Gasteiger partial charge >= 0.3 is 0 Å². The molecule has 3 N–H and O–H groups in total. The van der Waals surface area contributed by atoms with Crippen LogP contribution in [0.25, 0.3) is 11.3 Å². The molecule has 96 valence electrons. The van der Waals surface area contributed by atoms with E-state index in [1.807, 2.05) is 18.0 Å². The zero-order valence-electron chi connectivity index (χ0n) is 10.6. The SMILES string of the molecule is CCSc1ccc(-c2cnc(CCCN)[nH]2)cc1. The molecule has 18 heavy (non-hydrogen) atoms. The minimum absolute atomic E-state index is 0.707. The number of hydrogen-bond donors (Lipinski definition) is 2. The van der Waals surface area contributed by atoms with Crippen LogP contribution in [0.1, 0.15) is 19.2 Å². The predicted octanol–water partition coefficient (Wildman–Crippen LogP) is 3.08. The molecular weight excluding hydrogens is 242 g/mol. The van der Waals surface area contributed by atoms with Gasteiger partial charge in [-0.25, -0.2) is 4.98 Å². The molecule has 0 aliphatic heterocycles. The second-order valence-corrected chi connectivity index (χ2v) is 5.43. The lowest BCUT2D eigenvalue weighted by atomic mass is 10.2. The van der Waals surface area contributed by atoms with Gasteiger partial charge in [0.1, 0.15) is 5.82 Å². The van der Waals surface area contributed by atoms with E-state index in [4.69, 9.17) is 5.73 Å². The number of benzene rings is 1. The maximum atomic E-state index is 5.50. The Morgan fingerprint density at radius 2 is 2.06 bits per heavy atom. The maximum Gasteiger partial charge on any atom is 0.106 e. The van der Waals surface area contributed by atoms with Crippen LogP contribution < -0.4 is 5.73 Å². The topological polar surface area (TPSA) is 54.7 Å². The number of nitrogens with one attached hydrogen (secondary N) is 1. The Morgan fingerprint density at radius 3 is 2.72 bits per heavy atom. The van der Waals surface area contributed by atoms with Crippen molar-refractivity contribution in [1.29, 1.82) is 0 Å². The number of hydrogen-bond acceptors (Lipinski definition) is 3. The summed E-state index contributed by atoms with van der Waals surface area (Å²) < 4.78 is 0. The van der Waals surface area contributed by atoms with Crippen LogP contribution in [0.3, 0.4) is 0 Å². The van der Waals surface area contributed by atoms with Gasteiger partial charge in [0.25, 0.3) is 0 Å². The molecule has 3 nitrogen and oxygen atoms in total. The summed E-state index contributed by atoms with van der Waals surface area (Å²) in [5.41, 5.74) is 7.76. The third-order valence-corrected chi connectivity index (χ3v) is 3.62. The molecule has 0 radical (unpaired) electrons. The van der Waals surface area contributed by atoms with Crippen LogP contribution in [0.5, 0.6) is 0 Å². The Labute approximate surface area is 112 Å². The highest BCUT2D eigenvalue weighted by Crippen LogP contribution is 2.23. The lowest BCUT2D eigenvalue weighted by Crippen LogP contribution is -2.01. The van der Waals surface area contributed by atoms with Crippen molar-refractivity contribution in [3.05, 3.63) is 36.3 Å². The number of thioether (sulfide) groups is 1. The summed E-state index contributed by atoms with van der Waals surface area (Å²) in [5, 5.41) is 0. The predicted molar refractivity (Wildman–Crippen MR) is 77.8 cm³/mol. The van der Waals surface area contributed by atoms with Gasteiger partial charge in [-0.2, -0.15) is 0 Å². The van der Waals surface area contributed by atoms with E-state index in [0.717, 1.165) is 30.1 Å². The molecule has 0 aliphatic carbocycles. The van der Waals surface area contributed by atoms with Gasteiger partial charge < -0.3 is 10.7 Å². The summed E-state index contributed by atoms with van der Waals surface area (Å²) >= 11 is 1.86. The van der Waals surface area contributed by atoms with E-state index >= 15 is 0 Å². The second kappa shape index (κ2) is 6.61. The van der Waals surface area contributed by atoms with Crippen LogP contribution in [0.15, 0.2) is 35.4 Å². The maximum absolute atomic E-state index is 5.50. The number of nitrogens with two attached hydrogens (primary N) is 1. The summed E-state index contributed by atoms with van der Waals surface area (Å²) in [6, 6.07) is 8.59. The first-order valence-corrected chi connectivity index (χ1v) is 7.29. The number of nitrogens with zero attached hydrogens (tertiary/aromatic N) is 1. The number of aromatic nitrogens is 2. The molecule has 1 aromatic carbocycles. The van der Waals surface area contributed by atoms with Crippen molar-refractivity contribution in [1.82, 2.24) is 9.97 Å².